The predicted molar refractivity (Wildman–Crippen MR) is 64.6 cm³/mol. The van der Waals surface area contributed by atoms with Crippen LogP contribution < -0.4 is 0 Å². The van der Waals surface area contributed by atoms with Crippen molar-refractivity contribution < 1.29 is 9.53 Å². The Hall–Kier alpha value is -1.35. The Balaban J connectivity index is 2.06. The molecule has 0 radical (unpaired) electrons. The average molecular weight is 231 g/mol. The van der Waals surface area contributed by atoms with Gasteiger partial charge in [0.2, 0.25) is 5.91 Å². The van der Waals surface area contributed by atoms with Crippen molar-refractivity contribution in [2.24, 2.45) is 0 Å². The summed E-state index contributed by atoms with van der Waals surface area (Å²) in [6.07, 6.45) is 0.750. The third kappa shape index (κ3) is 1.57. The first-order valence-corrected chi connectivity index (χ1v) is 6.20. The van der Waals surface area contributed by atoms with Crippen molar-refractivity contribution in [2.75, 3.05) is 6.61 Å². The summed E-state index contributed by atoms with van der Waals surface area (Å²) in [6.45, 7) is 4.71. The van der Waals surface area contributed by atoms with Gasteiger partial charge in [-0.3, -0.25) is 4.79 Å². The first kappa shape index (κ1) is 10.8. The number of fused-ring (bicyclic) bond motifs is 2. The lowest BCUT2D eigenvalue weighted by Gasteiger charge is -2.25. The second-order valence-electron chi connectivity index (χ2n) is 5.01. The molecule has 3 atom stereocenters. The van der Waals surface area contributed by atoms with Gasteiger partial charge in [0.1, 0.15) is 6.23 Å². The van der Waals surface area contributed by atoms with E-state index in [1.54, 1.807) is 0 Å². The van der Waals surface area contributed by atoms with Gasteiger partial charge >= 0.3 is 0 Å². The molecule has 0 aromatic heterocycles. The van der Waals surface area contributed by atoms with Crippen LogP contribution in [0.4, 0.5) is 0 Å². The standard InChI is InChI=1S/C14H17NO2/c1-9-8-17-13-7-11-5-3-4-6-12(11)10(2)14(16)15(9)13/h3-6,9-10,13H,7-8H2,1-2H3/t9-,10+,13?/m1/s1. The van der Waals surface area contributed by atoms with Crippen LogP contribution >= 0.6 is 0 Å². The SMILES string of the molecule is C[C@@H]1C(=O)N2C(Cc3ccccc31)OC[C@H]2C. The fraction of sp³-hybridized carbons (Fsp3) is 0.500. The molecule has 0 spiro atoms. The van der Waals surface area contributed by atoms with Crippen LogP contribution in [0.2, 0.25) is 0 Å². The van der Waals surface area contributed by atoms with Gasteiger partial charge in [0, 0.05) is 6.42 Å². The fourth-order valence-electron chi connectivity index (χ4n) is 2.90. The van der Waals surface area contributed by atoms with Crippen molar-refractivity contribution in [1.29, 1.82) is 0 Å². The van der Waals surface area contributed by atoms with E-state index in [1.807, 2.05) is 24.0 Å². The summed E-state index contributed by atoms with van der Waals surface area (Å²) in [7, 11) is 0. The molecule has 2 aliphatic rings. The Bertz CT molecular complexity index is 457. The highest BCUT2D eigenvalue weighted by Crippen LogP contribution is 2.32. The van der Waals surface area contributed by atoms with Crippen molar-refractivity contribution in [1.82, 2.24) is 4.90 Å². The monoisotopic (exact) mass is 231 g/mol. The summed E-state index contributed by atoms with van der Waals surface area (Å²) in [5.74, 6) is 0.144. The zero-order valence-corrected chi connectivity index (χ0v) is 10.2. The van der Waals surface area contributed by atoms with Gasteiger partial charge in [-0.2, -0.15) is 0 Å². The molecule has 0 aliphatic carbocycles. The quantitative estimate of drug-likeness (QED) is 0.682. The summed E-state index contributed by atoms with van der Waals surface area (Å²) in [6, 6.07) is 8.40. The van der Waals surface area contributed by atoms with Gasteiger partial charge in [-0.05, 0) is 25.0 Å². The van der Waals surface area contributed by atoms with Crippen LogP contribution in [0.15, 0.2) is 24.3 Å². The molecular weight excluding hydrogens is 214 g/mol. The maximum absolute atomic E-state index is 12.4. The van der Waals surface area contributed by atoms with E-state index in [0.29, 0.717) is 6.61 Å². The lowest BCUT2D eigenvalue weighted by atomic mass is 9.95. The molecule has 1 aromatic carbocycles. The van der Waals surface area contributed by atoms with Gasteiger partial charge in [-0.25, -0.2) is 0 Å². The number of ether oxygens (including phenoxy) is 1. The van der Waals surface area contributed by atoms with E-state index in [1.165, 1.54) is 5.56 Å². The van der Waals surface area contributed by atoms with Crippen LogP contribution in [0.1, 0.15) is 30.9 Å². The molecule has 2 heterocycles. The van der Waals surface area contributed by atoms with Crippen molar-refractivity contribution in [3.05, 3.63) is 35.4 Å². The van der Waals surface area contributed by atoms with Crippen LogP contribution in [-0.4, -0.2) is 29.7 Å². The molecule has 90 valence electrons. The number of amides is 1. The molecule has 1 aromatic rings. The number of rotatable bonds is 0. The van der Waals surface area contributed by atoms with Crippen molar-refractivity contribution in [2.45, 2.75) is 38.5 Å². The number of benzene rings is 1. The van der Waals surface area contributed by atoms with Crippen molar-refractivity contribution in [3.63, 3.8) is 0 Å². The molecule has 3 nitrogen and oxygen atoms in total. The zero-order valence-electron chi connectivity index (χ0n) is 10.2. The summed E-state index contributed by atoms with van der Waals surface area (Å²) >= 11 is 0. The van der Waals surface area contributed by atoms with E-state index in [2.05, 4.69) is 19.1 Å². The highest BCUT2D eigenvalue weighted by Gasteiger charge is 2.40. The highest BCUT2D eigenvalue weighted by atomic mass is 16.5. The first-order valence-electron chi connectivity index (χ1n) is 6.20. The smallest absolute Gasteiger partial charge is 0.232 e. The second-order valence-corrected chi connectivity index (χ2v) is 5.01. The molecule has 0 saturated carbocycles. The topological polar surface area (TPSA) is 29.5 Å². The Labute approximate surface area is 101 Å². The van der Waals surface area contributed by atoms with Crippen LogP contribution in [0.25, 0.3) is 0 Å². The van der Waals surface area contributed by atoms with Gasteiger partial charge in [0.25, 0.3) is 0 Å². The van der Waals surface area contributed by atoms with E-state index in [0.717, 1.165) is 12.0 Å². The molecule has 2 aliphatic heterocycles. The first-order chi connectivity index (χ1) is 8.18. The Morgan fingerprint density at radius 2 is 2.06 bits per heavy atom. The van der Waals surface area contributed by atoms with Crippen molar-refractivity contribution >= 4 is 5.91 Å². The molecule has 3 rings (SSSR count). The van der Waals surface area contributed by atoms with E-state index in [4.69, 9.17) is 4.74 Å². The maximum atomic E-state index is 12.4. The summed E-state index contributed by atoms with van der Waals surface area (Å²) in [5, 5.41) is 0. The van der Waals surface area contributed by atoms with E-state index < -0.39 is 0 Å². The number of hydrogen-bond donors (Lipinski definition) is 0. The van der Waals surface area contributed by atoms with Crippen molar-refractivity contribution in [3.8, 4) is 0 Å². The molecule has 1 saturated heterocycles. The summed E-state index contributed by atoms with van der Waals surface area (Å²) < 4.78 is 5.73. The van der Waals surface area contributed by atoms with Crippen LogP contribution in [0.3, 0.4) is 0 Å². The van der Waals surface area contributed by atoms with Crippen LogP contribution in [0.5, 0.6) is 0 Å². The van der Waals surface area contributed by atoms with E-state index >= 15 is 0 Å². The Kier molecular flexibility index (Phi) is 2.44. The second kappa shape index (κ2) is 3.84. The van der Waals surface area contributed by atoms with Crippen LogP contribution in [0, 0.1) is 0 Å². The van der Waals surface area contributed by atoms with E-state index in [-0.39, 0.29) is 24.1 Å². The van der Waals surface area contributed by atoms with Gasteiger partial charge < -0.3 is 9.64 Å². The van der Waals surface area contributed by atoms with Crippen LogP contribution in [-0.2, 0) is 16.0 Å². The summed E-state index contributed by atoms with van der Waals surface area (Å²) in [4.78, 5) is 14.4. The number of hydrogen-bond acceptors (Lipinski definition) is 2. The lowest BCUT2D eigenvalue weighted by Crippen LogP contribution is -2.41. The molecule has 0 N–H and O–H groups in total. The minimum absolute atomic E-state index is 0.0552. The number of carbonyl (C=O) groups is 1. The number of carbonyl (C=O) groups excluding carboxylic acids is 1. The van der Waals surface area contributed by atoms with Gasteiger partial charge in [-0.1, -0.05) is 24.3 Å². The molecule has 3 heteroatoms. The zero-order chi connectivity index (χ0) is 12.0. The highest BCUT2D eigenvalue weighted by molar-refractivity contribution is 5.85. The molecule has 1 fully saturated rings. The molecular formula is C14H17NO2. The fourth-order valence-corrected chi connectivity index (χ4v) is 2.90. The Morgan fingerprint density at radius 1 is 1.29 bits per heavy atom. The minimum Gasteiger partial charge on any atom is -0.356 e. The van der Waals surface area contributed by atoms with Gasteiger partial charge in [0.05, 0.1) is 18.6 Å². The lowest BCUT2D eigenvalue weighted by molar-refractivity contribution is -0.138. The predicted octanol–water partition coefficient (Wildman–Crippen LogP) is 1.92. The maximum Gasteiger partial charge on any atom is 0.232 e. The molecule has 0 bridgehead atoms. The molecule has 1 amide bonds. The minimum atomic E-state index is -0.0661. The Morgan fingerprint density at radius 3 is 2.88 bits per heavy atom. The molecule has 17 heavy (non-hydrogen) atoms. The van der Waals surface area contributed by atoms with E-state index in [9.17, 15) is 4.79 Å². The third-order valence-corrected chi connectivity index (χ3v) is 3.86. The summed E-state index contributed by atoms with van der Waals surface area (Å²) in [5.41, 5.74) is 2.40. The van der Waals surface area contributed by atoms with Gasteiger partial charge in [0.15, 0.2) is 0 Å². The average Bonchev–Trinajstić information content (AvgIpc) is 2.64. The molecule has 1 unspecified atom stereocenters. The van der Waals surface area contributed by atoms with Gasteiger partial charge in [-0.15, -0.1) is 0 Å². The largest absolute Gasteiger partial charge is 0.356 e. The normalized spacial score (nSPS) is 32.0. The third-order valence-electron chi connectivity index (χ3n) is 3.86. The number of nitrogens with zero attached hydrogens (tertiary/aromatic N) is 1.